The van der Waals surface area contributed by atoms with Crippen LogP contribution in [0.15, 0.2) is 11.6 Å². The highest BCUT2D eigenvalue weighted by Crippen LogP contribution is 2.08. The Morgan fingerprint density at radius 3 is 3.33 bits per heavy atom. The largest absolute Gasteiger partial charge is 0.351 e. The number of hydrogen-bond acceptors (Lipinski definition) is 3. The number of anilines is 1. The van der Waals surface area contributed by atoms with Crippen LogP contribution in [0.3, 0.4) is 0 Å². The highest BCUT2D eigenvalue weighted by atomic mass is 32.1. The van der Waals surface area contributed by atoms with Crippen molar-refractivity contribution in [2.75, 3.05) is 11.9 Å². The first-order valence-corrected chi connectivity index (χ1v) is 3.38. The minimum Gasteiger partial charge on any atom is -0.351 e. The third-order valence-electron chi connectivity index (χ3n) is 0.774. The summed E-state index contributed by atoms with van der Waals surface area (Å²) in [5.41, 5.74) is 0. The molecule has 2 nitrogen and oxygen atoms in total. The zero-order valence-electron chi connectivity index (χ0n) is 4.79. The van der Waals surface area contributed by atoms with E-state index in [2.05, 4.69) is 16.2 Å². The minimum absolute atomic E-state index is 0.549. The lowest BCUT2D eigenvalue weighted by Gasteiger charge is -1.91. The van der Waals surface area contributed by atoms with E-state index in [9.17, 15) is 0 Å². The van der Waals surface area contributed by atoms with Gasteiger partial charge in [-0.15, -0.1) is 17.8 Å². The van der Waals surface area contributed by atoms with Crippen LogP contribution in [-0.4, -0.2) is 11.5 Å². The molecule has 0 saturated heterocycles. The zero-order valence-corrected chi connectivity index (χ0v) is 5.61. The van der Waals surface area contributed by atoms with Gasteiger partial charge in [-0.2, -0.15) is 0 Å². The predicted octanol–water partition coefficient (Wildman–Crippen LogP) is 1.19. The van der Waals surface area contributed by atoms with Crippen molar-refractivity contribution in [3.05, 3.63) is 11.6 Å². The van der Waals surface area contributed by atoms with E-state index in [0.29, 0.717) is 6.54 Å². The van der Waals surface area contributed by atoms with Crippen LogP contribution in [0.5, 0.6) is 0 Å². The molecular weight excluding hydrogens is 132 g/mol. The van der Waals surface area contributed by atoms with Crippen LogP contribution in [0, 0.1) is 12.3 Å². The van der Waals surface area contributed by atoms with Crippen LogP contribution in [0.1, 0.15) is 0 Å². The average Bonchev–Trinajstić information content (AvgIpc) is 2.34. The first kappa shape index (κ1) is 6.12. The van der Waals surface area contributed by atoms with Crippen molar-refractivity contribution in [2.24, 2.45) is 0 Å². The smallest absolute Gasteiger partial charge is 0.183 e. The van der Waals surface area contributed by atoms with Crippen molar-refractivity contribution in [3.63, 3.8) is 0 Å². The van der Waals surface area contributed by atoms with Gasteiger partial charge in [-0.05, 0) is 0 Å². The van der Waals surface area contributed by atoms with Gasteiger partial charge >= 0.3 is 0 Å². The van der Waals surface area contributed by atoms with Gasteiger partial charge in [-0.1, -0.05) is 5.92 Å². The molecule has 9 heavy (non-hydrogen) atoms. The first-order chi connectivity index (χ1) is 4.43. The summed E-state index contributed by atoms with van der Waals surface area (Å²) in [4.78, 5) is 3.97. The fourth-order valence-corrected chi connectivity index (χ4v) is 0.965. The Bertz CT molecular complexity index is 197. The molecular formula is C6H6N2S. The molecule has 0 bridgehead atoms. The van der Waals surface area contributed by atoms with E-state index in [-0.39, 0.29) is 0 Å². The molecule has 0 aromatic carbocycles. The second-order valence-electron chi connectivity index (χ2n) is 1.39. The van der Waals surface area contributed by atoms with Crippen LogP contribution in [0.25, 0.3) is 0 Å². The van der Waals surface area contributed by atoms with Crippen LogP contribution >= 0.6 is 11.3 Å². The Balaban J connectivity index is 2.41. The fourth-order valence-electron chi connectivity index (χ4n) is 0.437. The van der Waals surface area contributed by atoms with Crippen molar-refractivity contribution >= 4 is 16.5 Å². The maximum absolute atomic E-state index is 5.01. The number of aromatic nitrogens is 1. The quantitative estimate of drug-likeness (QED) is 0.621. The van der Waals surface area contributed by atoms with Crippen molar-refractivity contribution in [1.82, 2.24) is 4.98 Å². The van der Waals surface area contributed by atoms with E-state index in [0.717, 1.165) is 5.13 Å². The number of thiazole rings is 1. The molecule has 1 aromatic rings. The van der Waals surface area contributed by atoms with Crippen molar-refractivity contribution in [3.8, 4) is 12.3 Å². The summed E-state index contributed by atoms with van der Waals surface area (Å²) in [6, 6.07) is 0. The van der Waals surface area contributed by atoms with Gasteiger partial charge in [-0.3, -0.25) is 0 Å². The van der Waals surface area contributed by atoms with Crippen molar-refractivity contribution in [2.45, 2.75) is 0 Å². The summed E-state index contributed by atoms with van der Waals surface area (Å²) >= 11 is 1.55. The second kappa shape index (κ2) is 3.10. The zero-order chi connectivity index (χ0) is 6.53. The van der Waals surface area contributed by atoms with E-state index < -0.39 is 0 Å². The van der Waals surface area contributed by atoms with Gasteiger partial charge in [0.1, 0.15) is 0 Å². The highest BCUT2D eigenvalue weighted by Gasteiger charge is 1.87. The lowest BCUT2D eigenvalue weighted by Crippen LogP contribution is -1.96. The van der Waals surface area contributed by atoms with Crippen LogP contribution < -0.4 is 5.32 Å². The molecule has 0 unspecified atom stereocenters. The molecule has 1 N–H and O–H groups in total. The molecule has 0 atom stereocenters. The van der Waals surface area contributed by atoms with Gasteiger partial charge in [-0.25, -0.2) is 4.98 Å². The summed E-state index contributed by atoms with van der Waals surface area (Å²) < 4.78 is 0. The molecule has 0 fully saturated rings. The molecule has 46 valence electrons. The lowest BCUT2D eigenvalue weighted by atomic mass is 10.7. The van der Waals surface area contributed by atoms with Gasteiger partial charge in [0.15, 0.2) is 5.13 Å². The Morgan fingerprint density at radius 2 is 2.78 bits per heavy atom. The van der Waals surface area contributed by atoms with E-state index in [1.54, 1.807) is 17.5 Å². The molecule has 1 aromatic heterocycles. The Hall–Kier alpha value is -1.01. The Morgan fingerprint density at radius 1 is 1.89 bits per heavy atom. The van der Waals surface area contributed by atoms with Crippen LogP contribution in [0.2, 0.25) is 0 Å². The summed E-state index contributed by atoms with van der Waals surface area (Å²) in [7, 11) is 0. The third-order valence-corrected chi connectivity index (χ3v) is 1.50. The van der Waals surface area contributed by atoms with Gasteiger partial charge in [0.25, 0.3) is 0 Å². The van der Waals surface area contributed by atoms with Crippen molar-refractivity contribution < 1.29 is 0 Å². The van der Waals surface area contributed by atoms with Crippen molar-refractivity contribution in [1.29, 1.82) is 0 Å². The van der Waals surface area contributed by atoms with Gasteiger partial charge < -0.3 is 5.32 Å². The monoisotopic (exact) mass is 138 g/mol. The summed E-state index contributed by atoms with van der Waals surface area (Å²) in [5, 5.41) is 5.73. The van der Waals surface area contributed by atoms with E-state index in [4.69, 9.17) is 6.42 Å². The number of nitrogens with one attached hydrogen (secondary N) is 1. The summed E-state index contributed by atoms with van der Waals surface area (Å²) in [5.74, 6) is 2.46. The van der Waals surface area contributed by atoms with Crippen LogP contribution in [-0.2, 0) is 0 Å². The number of hydrogen-bond donors (Lipinski definition) is 1. The number of terminal acetylenes is 1. The predicted molar refractivity (Wildman–Crippen MR) is 39.4 cm³/mol. The van der Waals surface area contributed by atoms with E-state index >= 15 is 0 Å². The third kappa shape index (κ3) is 1.74. The molecule has 0 spiro atoms. The lowest BCUT2D eigenvalue weighted by molar-refractivity contribution is 1.31. The summed E-state index contributed by atoms with van der Waals surface area (Å²) in [6.45, 7) is 0.549. The molecule has 0 aliphatic heterocycles. The molecule has 0 aliphatic rings. The molecule has 0 aliphatic carbocycles. The van der Waals surface area contributed by atoms with Crippen LogP contribution in [0.4, 0.5) is 5.13 Å². The Kier molecular flexibility index (Phi) is 2.11. The summed E-state index contributed by atoms with van der Waals surface area (Å²) in [6.07, 6.45) is 6.75. The van der Waals surface area contributed by atoms with E-state index in [1.165, 1.54) is 0 Å². The molecule has 0 amide bonds. The topological polar surface area (TPSA) is 24.9 Å². The molecule has 1 rings (SSSR count). The van der Waals surface area contributed by atoms with Gasteiger partial charge in [0, 0.05) is 11.6 Å². The SMILES string of the molecule is C#CCNc1nccs1. The fraction of sp³-hybridized carbons (Fsp3) is 0.167. The highest BCUT2D eigenvalue weighted by molar-refractivity contribution is 7.13. The normalized spacial score (nSPS) is 8.33. The molecule has 3 heteroatoms. The maximum atomic E-state index is 5.01. The van der Waals surface area contributed by atoms with E-state index in [1.807, 2.05) is 5.38 Å². The molecule has 0 radical (unpaired) electrons. The number of rotatable bonds is 2. The minimum atomic E-state index is 0.549. The second-order valence-corrected chi connectivity index (χ2v) is 2.29. The first-order valence-electron chi connectivity index (χ1n) is 2.50. The maximum Gasteiger partial charge on any atom is 0.183 e. The Labute approximate surface area is 57.9 Å². The van der Waals surface area contributed by atoms with Gasteiger partial charge in [0.05, 0.1) is 6.54 Å². The van der Waals surface area contributed by atoms with Gasteiger partial charge in [0.2, 0.25) is 0 Å². The molecule has 1 heterocycles. The average molecular weight is 138 g/mol. The number of nitrogens with zero attached hydrogens (tertiary/aromatic N) is 1. The molecule has 0 saturated carbocycles. The standard InChI is InChI=1S/C6H6N2S/c1-2-3-7-6-8-4-5-9-6/h1,4-5H,3H2,(H,7,8).